The molecule has 0 aromatic carbocycles. The summed E-state index contributed by atoms with van der Waals surface area (Å²) in [4.78, 5) is 20.2. The smallest absolute Gasteiger partial charge is 0.225 e. The van der Waals surface area contributed by atoms with Crippen LogP contribution >= 0.6 is 11.3 Å². The van der Waals surface area contributed by atoms with Crippen molar-refractivity contribution in [3.05, 3.63) is 33.6 Å². The summed E-state index contributed by atoms with van der Waals surface area (Å²) in [6, 6.07) is 2.15. The number of fused-ring (bicyclic) bond motifs is 1. The van der Waals surface area contributed by atoms with Gasteiger partial charge in [-0.25, -0.2) is 0 Å². The molecule has 2 aliphatic heterocycles. The zero-order chi connectivity index (χ0) is 16.5. The largest absolute Gasteiger partial charge is 0.372 e. The minimum absolute atomic E-state index is 0.0888. The maximum absolute atomic E-state index is 12.8. The lowest BCUT2D eigenvalue weighted by molar-refractivity contribution is -0.135. The van der Waals surface area contributed by atoms with Gasteiger partial charge in [-0.1, -0.05) is 5.16 Å². The van der Waals surface area contributed by atoms with Crippen LogP contribution in [0, 0.1) is 6.92 Å². The van der Waals surface area contributed by atoms with E-state index in [0.717, 1.165) is 31.6 Å². The van der Waals surface area contributed by atoms with Crippen LogP contribution in [-0.4, -0.2) is 40.6 Å². The van der Waals surface area contributed by atoms with Crippen molar-refractivity contribution >= 4 is 17.2 Å². The van der Waals surface area contributed by atoms with Crippen molar-refractivity contribution in [2.45, 2.75) is 44.6 Å². The molecule has 0 aliphatic carbocycles. The van der Waals surface area contributed by atoms with E-state index in [1.807, 2.05) is 4.90 Å². The fraction of sp³-hybridized carbons (Fsp3) is 0.588. The highest BCUT2D eigenvalue weighted by Crippen LogP contribution is 2.35. The Labute approximate surface area is 144 Å². The van der Waals surface area contributed by atoms with E-state index in [2.05, 4.69) is 21.6 Å². The lowest BCUT2D eigenvalue weighted by atomic mass is 9.96. The van der Waals surface area contributed by atoms with Crippen LogP contribution in [0.2, 0.25) is 0 Å². The zero-order valence-electron chi connectivity index (χ0n) is 13.7. The fourth-order valence-electron chi connectivity index (χ4n) is 3.56. The molecule has 4 rings (SSSR count). The lowest BCUT2D eigenvalue weighted by Gasteiger charge is -2.33. The molecule has 0 radical (unpaired) electrons. The van der Waals surface area contributed by atoms with Gasteiger partial charge in [0, 0.05) is 30.8 Å². The number of rotatable bonds is 3. The Kier molecular flexibility index (Phi) is 4.37. The highest BCUT2D eigenvalue weighted by atomic mass is 32.1. The van der Waals surface area contributed by atoms with E-state index in [1.54, 1.807) is 18.3 Å². The summed E-state index contributed by atoms with van der Waals surface area (Å²) in [7, 11) is 0. The van der Waals surface area contributed by atoms with Gasteiger partial charge in [0.15, 0.2) is 5.82 Å². The minimum Gasteiger partial charge on any atom is -0.372 e. The quantitative estimate of drug-likeness (QED) is 0.854. The Morgan fingerprint density at radius 2 is 2.42 bits per heavy atom. The number of carbonyl (C=O) groups excluding carboxylic acids is 1. The number of hydrogen-bond acceptors (Lipinski definition) is 6. The minimum atomic E-state index is -0.0888. The first-order valence-electron chi connectivity index (χ1n) is 8.46. The van der Waals surface area contributed by atoms with Gasteiger partial charge in [0.05, 0.1) is 13.0 Å². The average molecular weight is 347 g/mol. The summed E-state index contributed by atoms with van der Waals surface area (Å²) < 4.78 is 10.9. The Bertz CT molecular complexity index is 726. The monoisotopic (exact) mass is 347 g/mol. The summed E-state index contributed by atoms with van der Waals surface area (Å²) in [5.74, 6) is 1.63. The molecule has 4 heterocycles. The molecule has 2 aromatic rings. The molecule has 6 nitrogen and oxygen atoms in total. The third kappa shape index (κ3) is 3.10. The number of aromatic nitrogens is 2. The molecule has 128 valence electrons. The number of aryl methyl sites for hydroxylation is 1. The van der Waals surface area contributed by atoms with Gasteiger partial charge in [0.2, 0.25) is 11.8 Å². The molecule has 1 amide bonds. The molecule has 2 atom stereocenters. The van der Waals surface area contributed by atoms with Gasteiger partial charge in [-0.05, 0) is 36.3 Å². The van der Waals surface area contributed by atoms with Crippen LogP contribution in [0.5, 0.6) is 0 Å². The topological polar surface area (TPSA) is 68.5 Å². The summed E-state index contributed by atoms with van der Waals surface area (Å²) in [6.07, 6.45) is 3.25. The SMILES string of the molecule is Cc1nc([C@@H]2CCCN(C(=O)C[C@H]3OCCc4ccsc43)C2)no1. The third-order valence-corrected chi connectivity index (χ3v) is 5.86. The standard InChI is InChI=1S/C17H21N3O3S/c1-11-18-17(19-23-11)13-3-2-6-20(10-13)15(21)9-14-16-12(4-7-22-14)5-8-24-16/h5,8,13-14H,2-4,6-7,9-10H2,1H3/t13-,14-/m1/s1. The van der Waals surface area contributed by atoms with Gasteiger partial charge in [-0.15, -0.1) is 11.3 Å². The molecule has 0 unspecified atom stereocenters. The van der Waals surface area contributed by atoms with E-state index < -0.39 is 0 Å². The number of ether oxygens (including phenoxy) is 1. The second-order valence-electron chi connectivity index (χ2n) is 6.47. The summed E-state index contributed by atoms with van der Waals surface area (Å²) >= 11 is 1.69. The number of carbonyl (C=O) groups is 1. The first-order chi connectivity index (χ1) is 11.7. The van der Waals surface area contributed by atoms with E-state index in [-0.39, 0.29) is 17.9 Å². The lowest BCUT2D eigenvalue weighted by Crippen LogP contribution is -2.40. The second-order valence-corrected chi connectivity index (χ2v) is 7.42. The number of likely N-dealkylation sites (tertiary alicyclic amines) is 1. The molecular weight excluding hydrogens is 326 g/mol. The van der Waals surface area contributed by atoms with Crippen molar-refractivity contribution in [1.29, 1.82) is 0 Å². The van der Waals surface area contributed by atoms with Crippen molar-refractivity contribution < 1.29 is 14.1 Å². The van der Waals surface area contributed by atoms with Gasteiger partial charge in [-0.3, -0.25) is 4.79 Å². The van der Waals surface area contributed by atoms with Crippen LogP contribution in [0.3, 0.4) is 0 Å². The molecule has 0 saturated carbocycles. The first kappa shape index (κ1) is 15.8. The molecule has 24 heavy (non-hydrogen) atoms. The van der Waals surface area contributed by atoms with Crippen LogP contribution in [0.25, 0.3) is 0 Å². The van der Waals surface area contributed by atoms with Gasteiger partial charge < -0.3 is 14.2 Å². The van der Waals surface area contributed by atoms with Crippen molar-refractivity contribution in [3.8, 4) is 0 Å². The maximum Gasteiger partial charge on any atom is 0.225 e. The van der Waals surface area contributed by atoms with Crippen LogP contribution in [0.15, 0.2) is 16.0 Å². The van der Waals surface area contributed by atoms with Crippen LogP contribution in [0.1, 0.15) is 53.4 Å². The molecule has 0 bridgehead atoms. The van der Waals surface area contributed by atoms with E-state index in [4.69, 9.17) is 9.26 Å². The highest BCUT2D eigenvalue weighted by Gasteiger charge is 2.31. The van der Waals surface area contributed by atoms with E-state index in [1.165, 1.54) is 10.4 Å². The zero-order valence-corrected chi connectivity index (χ0v) is 14.6. The molecule has 0 N–H and O–H groups in total. The van der Waals surface area contributed by atoms with Crippen molar-refractivity contribution in [2.24, 2.45) is 0 Å². The Hall–Kier alpha value is -1.73. The molecule has 2 aliphatic rings. The summed E-state index contributed by atoms with van der Waals surface area (Å²) in [5.41, 5.74) is 1.34. The van der Waals surface area contributed by atoms with Crippen LogP contribution < -0.4 is 0 Å². The van der Waals surface area contributed by atoms with Gasteiger partial charge >= 0.3 is 0 Å². The van der Waals surface area contributed by atoms with Crippen LogP contribution in [-0.2, 0) is 16.0 Å². The number of hydrogen-bond donors (Lipinski definition) is 0. The fourth-order valence-corrected chi connectivity index (χ4v) is 4.56. The van der Waals surface area contributed by atoms with Crippen LogP contribution in [0.4, 0.5) is 0 Å². The van der Waals surface area contributed by atoms with Crippen molar-refractivity contribution in [3.63, 3.8) is 0 Å². The van der Waals surface area contributed by atoms with E-state index in [9.17, 15) is 4.79 Å². The van der Waals surface area contributed by atoms with E-state index in [0.29, 0.717) is 25.5 Å². The number of amides is 1. The molecule has 1 saturated heterocycles. The highest BCUT2D eigenvalue weighted by molar-refractivity contribution is 7.10. The number of nitrogens with zero attached hydrogens (tertiary/aromatic N) is 3. The normalized spacial score (nSPS) is 24.0. The molecule has 1 fully saturated rings. The summed E-state index contributed by atoms with van der Waals surface area (Å²) in [6.45, 7) is 3.96. The Balaban J connectivity index is 1.42. The average Bonchev–Trinajstić information content (AvgIpc) is 3.24. The Morgan fingerprint density at radius 1 is 1.50 bits per heavy atom. The molecule has 0 spiro atoms. The number of piperidine rings is 1. The first-order valence-corrected chi connectivity index (χ1v) is 9.34. The number of thiophene rings is 1. The maximum atomic E-state index is 12.8. The van der Waals surface area contributed by atoms with Crippen molar-refractivity contribution in [1.82, 2.24) is 15.0 Å². The Morgan fingerprint density at radius 3 is 3.25 bits per heavy atom. The van der Waals surface area contributed by atoms with Gasteiger partial charge in [0.1, 0.15) is 6.10 Å². The molecule has 2 aromatic heterocycles. The van der Waals surface area contributed by atoms with Crippen molar-refractivity contribution in [2.75, 3.05) is 19.7 Å². The van der Waals surface area contributed by atoms with Gasteiger partial charge in [-0.2, -0.15) is 4.98 Å². The van der Waals surface area contributed by atoms with E-state index >= 15 is 0 Å². The summed E-state index contributed by atoms with van der Waals surface area (Å²) in [5, 5.41) is 6.11. The second kappa shape index (κ2) is 6.64. The molecular formula is C17H21N3O3S. The third-order valence-electron chi connectivity index (χ3n) is 4.81. The predicted octanol–water partition coefficient (Wildman–Crippen LogP) is 2.85. The van der Waals surface area contributed by atoms with Gasteiger partial charge in [0.25, 0.3) is 0 Å². The predicted molar refractivity (Wildman–Crippen MR) is 88.9 cm³/mol. The molecule has 7 heteroatoms.